The monoisotopic (exact) mass is 248 g/mol. The van der Waals surface area contributed by atoms with E-state index in [-0.39, 0.29) is 0 Å². The summed E-state index contributed by atoms with van der Waals surface area (Å²) in [4.78, 5) is 2.19. The number of hydrogen-bond donors (Lipinski definition) is 1. The maximum Gasteiger partial charge on any atom is 0.0701 e. The highest BCUT2D eigenvalue weighted by atomic mass is 16.5. The summed E-state index contributed by atoms with van der Waals surface area (Å²) < 4.78 is 15.6. The molecule has 1 atom stereocenters. The van der Waals surface area contributed by atoms with Crippen molar-refractivity contribution in [1.29, 1.82) is 0 Å². The van der Waals surface area contributed by atoms with E-state index in [1.165, 1.54) is 0 Å². The number of likely N-dealkylation sites (N-methyl/N-ethyl adjacent to an activating group) is 1. The maximum absolute atomic E-state index is 5.41. The Morgan fingerprint density at radius 1 is 1.00 bits per heavy atom. The minimum Gasteiger partial charge on any atom is -0.382 e. The number of rotatable bonds is 12. The second kappa shape index (κ2) is 12.3. The first kappa shape index (κ1) is 16.8. The van der Waals surface area contributed by atoms with Crippen molar-refractivity contribution < 1.29 is 14.2 Å². The lowest BCUT2D eigenvalue weighted by Gasteiger charge is -2.19. The third kappa shape index (κ3) is 12.1. The van der Waals surface area contributed by atoms with Crippen LogP contribution in [-0.2, 0) is 14.2 Å². The van der Waals surface area contributed by atoms with E-state index in [0.717, 1.165) is 19.7 Å². The molecule has 0 aliphatic carbocycles. The summed E-state index contributed by atoms with van der Waals surface area (Å²) in [5.74, 6) is 0. The van der Waals surface area contributed by atoms with Crippen LogP contribution in [0.1, 0.15) is 6.92 Å². The fraction of sp³-hybridized carbons (Fsp3) is 1.00. The van der Waals surface area contributed by atoms with Crippen LogP contribution in [0.3, 0.4) is 0 Å². The van der Waals surface area contributed by atoms with Crippen LogP contribution < -0.4 is 5.32 Å². The molecular weight excluding hydrogens is 220 g/mol. The first-order valence-electron chi connectivity index (χ1n) is 6.20. The van der Waals surface area contributed by atoms with Gasteiger partial charge >= 0.3 is 0 Å². The van der Waals surface area contributed by atoms with Gasteiger partial charge in [-0.2, -0.15) is 0 Å². The molecule has 1 unspecified atom stereocenters. The Hall–Kier alpha value is -0.200. The predicted octanol–water partition coefficient (Wildman–Crippen LogP) is 0.206. The lowest BCUT2D eigenvalue weighted by atomic mass is 10.3. The smallest absolute Gasteiger partial charge is 0.0701 e. The molecule has 0 saturated heterocycles. The molecule has 0 radical (unpaired) electrons. The Morgan fingerprint density at radius 3 is 2.18 bits per heavy atom. The molecule has 0 fully saturated rings. The molecule has 17 heavy (non-hydrogen) atoms. The van der Waals surface area contributed by atoms with Crippen molar-refractivity contribution in [1.82, 2.24) is 10.2 Å². The van der Waals surface area contributed by atoms with Crippen molar-refractivity contribution in [2.75, 3.05) is 67.3 Å². The Balaban J connectivity index is 3.03. The lowest BCUT2D eigenvalue weighted by Crippen LogP contribution is -2.36. The summed E-state index contributed by atoms with van der Waals surface area (Å²) in [6, 6.07) is 0.548. The van der Waals surface area contributed by atoms with E-state index in [1.54, 1.807) is 7.11 Å². The van der Waals surface area contributed by atoms with Gasteiger partial charge in [-0.1, -0.05) is 0 Å². The zero-order valence-corrected chi connectivity index (χ0v) is 11.7. The van der Waals surface area contributed by atoms with Crippen LogP contribution in [0.4, 0.5) is 0 Å². The maximum atomic E-state index is 5.41. The number of ether oxygens (including phenoxy) is 3. The van der Waals surface area contributed by atoms with Crippen LogP contribution in [0.2, 0.25) is 0 Å². The van der Waals surface area contributed by atoms with E-state index in [4.69, 9.17) is 14.2 Å². The summed E-state index contributed by atoms with van der Waals surface area (Å²) in [5, 5.41) is 3.35. The molecule has 104 valence electrons. The number of methoxy groups -OCH3 is 1. The summed E-state index contributed by atoms with van der Waals surface area (Å²) in [5.41, 5.74) is 0. The van der Waals surface area contributed by atoms with Crippen LogP contribution in [0, 0.1) is 0 Å². The predicted molar refractivity (Wildman–Crippen MR) is 69.5 cm³/mol. The molecule has 0 aliphatic heterocycles. The zero-order valence-electron chi connectivity index (χ0n) is 11.7. The quantitative estimate of drug-likeness (QED) is 0.500. The van der Waals surface area contributed by atoms with Crippen molar-refractivity contribution in [3.05, 3.63) is 0 Å². The van der Waals surface area contributed by atoms with E-state index in [9.17, 15) is 0 Å². The van der Waals surface area contributed by atoms with Gasteiger partial charge in [0.15, 0.2) is 0 Å². The SMILES string of the molecule is COCCOCCOCCNCC(C)N(C)C. The van der Waals surface area contributed by atoms with Crippen LogP contribution in [0.15, 0.2) is 0 Å². The minimum atomic E-state index is 0.548. The van der Waals surface area contributed by atoms with Crippen molar-refractivity contribution in [3.8, 4) is 0 Å². The van der Waals surface area contributed by atoms with Crippen LogP contribution in [0.25, 0.3) is 0 Å². The molecule has 5 nitrogen and oxygen atoms in total. The van der Waals surface area contributed by atoms with Gasteiger partial charge in [-0.05, 0) is 21.0 Å². The van der Waals surface area contributed by atoms with Gasteiger partial charge in [-0.25, -0.2) is 0 Å². The minimum absolute atomic E-state index is 0.548. The largest absolute Gasteiger partial charge is 0.382 e. The third-order valence-corrected chi connectivity index (χ3v) is 2.55. The number of nitrogens with one attached hydrogen (secondary N) is 1. The summed E-state index contributed by atoms with van der Waals surface area (Å²) in [7, 11) is 5.83. The van der Waals surface area contributed by atoms with Gasteiger partial charge in [-0.15, -0.1) is 0 Å². The lowest BCUT2D eigenvalue weighted by molar-refractivity contribution is 0.0254. The highest BCUT2D eigenvalue weighted by molar-refractivity contribution is 4.62. The van der Waals surface area contributed by atoms with E-state index < -0.39 is 0 Å². The highest BCUT2D eigenvalue weighted by Crippen LogP contribution is 1.87. The number of nitrogens with zero attached hydrogens (tertiary/aromatic N) is 1. The van der Waals surface area contributed by atoms with Gasteiger partial charge < -0.3 is 24.4 Å². The first-order valence-corrected chi connectivity index (χ1v) is 6.20. The molecule has 0 heterocycles. The molecule has 0 aromatic rings. The second-order valence-corrected chi connectivity index (χ2v) is 4.23. The van der Waals surface area contributed by atoms with Gasteiger partial charge in [0.25, 0.3) is 0 Å². The zero-order chi connectivity index (χ0) is 12.9. The summed E-state index contributed by atoms with van der Waals surface area (Å²) in [6.45, 7) is 7.36. The fourth-order valence-corrected chi connectivity index (χ4v) is 1.10. The van der Waals surface area contributed by atoms with Gasteiger partial charge in [0.2, 0.25) is 0 Å². The Bertz CT molecular complexity index is 157. The molecule has 0 rings (SSSR count). The molecule has 1 N–H and O–H groups in total. The van der Waals surface area contributed by atoms with E-state index >= 15 is 0 Å². The van der Waals surface area contributed by atoms with E-state index in [1.807, 2.05) is 0 Å². The van der Waals surface area contributed by atoms with E-state index in [2.05, 4.69) is 31.2 Å². The van der Waals surface area contributed by atoms with Crippen LogP contribution >= 0.6 is 0 Å². The average molecular weight is 248 g/mol. The van der Waals surface area contributed by atoms with Crippen LogP contribution in [0.5, 0.6) is 0 Å². The van der Waals surface area contributed by atoms with Gasteiger partial charge in [0.1, 0.15) is 0 Å². The van der Waals surface area contributed by atoms with Crippen molar-refractivity contribution in [2.45, 2.75) is 13.0 Å². The molecule has 0 aliphatic rings. The average Bonchev–Trinajstić information content (AvgIpc) is 2.31. The van der Waals surface area contributed by atoms with Crippen molar-refractivity contribution >= 4 is 0 Å². The highest BCUT2D eigenvalue weighted by Gasteiger charge is 2.02. The van der Waals surface area contributed by atoms with Gasteiger partial charge in [-0.3, -0.25) is 0 Å². The molecule has 0 aromatic carbocycles. The standard InChI is InChI=1S/C12H28N2O3/c1-12(14(2)3)11-13-5-6-16-9-10-17-8-7-15-4/h12-13H,5-11H2,1-4H3. The molecule has 0 aromatic heterocycles. The molecule has 0 spiro atoms. The van der Waals surface area contributed by atoms with Gasteiger partial charge in [0, 0.05) is 26.2 Å². The second-order valence-electron chi connectivity index (χ2n) is 4.23. The first-order chi connectivity index (χ1) is 8.18. The van der Waals surface area contributed by atoms with Crippen molar-refractivity contribution in [3.63, 3.8) is 0 Å². The molecule has 0 bridgehead atoms. The molecule has 0 amide bonds. The fourth-order valence-electron chi connectivity index (χ4n) is 1.10. The Labute approximate surface area is 105 Å². The van der Waals surface area contributed by atoms with Crippen LogP contribution in [-0.4, -0.2) is 78.3 Å². The van der Waals surface area contributed by atoms with E-state index in [0.29, 0.717) is 32.5 Å². The molecular formula is C12H28N2O3. The Morgan fingerprint density at radius 2 is 1.59 bits per heavy atom. The van der Waals surface area contributed by atoms with Crippen molar-refractivity contribution in [2.24, 2.45) is 0 Å². The third-order valence-electron chi connectivity index (χ3n) is 2.55. The molecule has 0 saturated carbocycles. The topological polar surface area (TPSA) is 43.0 Å². The number of hydrogen-bond acceptors (Lipinski definition) is 5. The van der Waals surface area contributed by atoms with Gasteiger partial charge in [0.05, 0.1) is 33.0 Å². The Kier molecular flexibility index (Phi) is 12.1. The summed E-state index contributed by atoms with van der Waals surface area (Å²) >= 11 is 0. The summed E-state index contributed by atoms with van der Waals surface area (Å²) in [6.07, 6.45) is 0. The normalized spacial score (nSPS) is 13.2. The molecule has 5 heteroatoms.